The molecule has 0 bridgehead atoms. The number of hydrogen-bond donors (Lipinski definition) is 0. The summed E-state index contributed by atoms with van der Waals surface area (Å²) in [6.45, 7) is 1.92. The predicted molar refractivity (Wildman–Crippen MR) is 70.4 cm³/mol. The maximum absolute atomic E-state index is 11.6. The molecule has 19 heavy (non-hydrogen) atoms. The van der Waals surface area contributed by atoms with Gasteiger partial charge in [0.15, 0.2) is 5.78 Å². The summed E-state index contributed by atoms with van der Waals surface area (Å²) in [7, 11) is 0. The Morgan fingerprint density at radius 3 is 2.05 bits per heavy atom. The van der Waals surface area contributed by atoms with Gasteiger partial charge in [0.1, 0.15) is 12.2 Å². The van der Waals surface area contributed by atoms with Crippen LogP contribution < -0.4 is 0 Å². The van der Waals surface area contributed by atoms with Crippen molar-refractivity contribution >= 4 is 5.78 Å². The van der Waals surface area contributed by atoms with E-state index in [9.17, 15) is 4.79 Å². The van der Waals surface area contributed by atoms with Gasteiger partial charge in [0.05, 0.1) is 5.92 Å². The molecule has 0 aromatic rings. The van der Waals surface area contributed by atoms with Crippen molar-refractivity contribution in [2.75, 3.05) is 0 Å². The molecule has 3 heteroatoms. The first-order valence-corrected chi connectivity index (χ1v) is 6.04. The zero-order valence-electron chi connectivity index (χ0n) is 10.7. The van der Waals surface area contributed by atoms with Crippen molar-refractivity contribution in [3.05, 3.63) is 75.9 Å². The van der Waals surface area contributed by atoms with Crippen molar-refractivity contribution in [3.63, 3.8) is 0 Å². The summed E-state index contributed by atoms with van der Waals surface area (Å²) in [6, 6.07) is 0. The molecule has 3 fully saturated rings. The van der Waals surface area contributed by atoms with Gasteiger partial charge >= 0.3 is 17.1 Å². The van der Waals surface area contributed by atoms with E-state index in [4.69, 9.17) is 4.74 Å². The maximum atomic E-state index is 11.6. The summed E-state index contributed by atoms with van der Waals surface area (Å²) in [6.07, 6.45) is 20.9. The second-order valence-electron chi connectivity index (χ2n) is 4.05. The third-order valence-corrected chi connectivity index (χ3v) is 2.67. The molecule has 3 rings (SSSR count). The first-order valence-electron chi connectivity index (χ1n) is 6.04. The number of Topliss-reactive ketones (excluding diaryl/α,β-unsaturated/α-hetero) is 1. The molecule has 1 heterocycles. The zero-order valence-corrected chi connectivity index (χ0v) is 11.8. The summed E-state index contributed by atoms with van der Waals surface area (Å²) < 4.78 is 5.21. The maximum Gasteiger partial charge on any atom is 2.00 e. The molecule has 1 aliphatic heterocycles. The van der Waals surface area contributed by atoms with E-state index < -0.39 is 0 Å². The molecule has 0 spiro atoms. The molecule has 2 atom stereocenters. The van der Waals surface area contributed by atoms with Gasteiger partial charge < -0.3 is 4.74 Å². The topological polar surface area (TPSA) is 29.6 Å². The number of carbonyl (C=O) groups is 1. The molecular formula is C16H16FeO2+2. The molecule has 1 saturated heterocycles. The van der Waals surface area contributed by atoms with E-state index >= 15 is 0 Å². The molecule has 0 aromatic carbocycles. The van der Waals surface area contributed by atoms with Crippen LogP contribution in [0.15, 0.2) is 12.2 Å². The van der Waals surface area contributed by atoms with Crippen molar-refractivity contribution in [1.29, 1.82) is 0 Å². The van der Waals surface area contributed by atoms with E-state index in [1.54, 1.807) is 0 Å². The molecule has 0 unspecified atom stereocenters. The van der Waals surface area contributed by atoms with E-state index in [0.717, 1.165) is 5.92 Å². The molecule has 2 nitrogen and oxygen atoms in total. The van der Waals surface area contributed by atoms with Crippen molar-refractivity contribution in [3.8, 4) is 0 Å². The van der Waals surface area contributed by atoms with E-state index in [0.29, 0.717) is 0 Å². The van der Waals surface area contributed by atoms with Gasteiger partial charge in [0.2, 0.25) is 0 Å². The molecule has 0 N–H and O–H groups in total. The van der Waals surface area contributed by atoms with Crippen LogP contribution in [-0.4, -0.2) is 18.0 Å². The predicted octanol–water partition coefficient (Wildman–Crippen LogP) is 2.32. The minimum absolute atomic E-state index is 0. The van der Waals surface area contributed by atoms with Crippen molar-refractivity contribution < 1.29 is 26.6 Å². The van der Waals surface area contributed by atoms with E-state index in [1.165, 1.54) is 0 Å². The van der Waals surface area contributed by atoms with Crippen LogP contribution in [0, 0.1) is 63.7 Å². The number of hydrogen-bond acceptors (Lipinski definition) is 2. The second-order valence-corrected chi connectivity index (χ2v) is 4.05. The molecule has 0 aromatic heterocycles. The molecule has 0 amide bonds. The van der Waals surface area contributed by atoms with Crippen LogP contribution >= 0.6 is 0 Å². The summed E-state index contributed by atoms with van der Waals surface area (Å²) in [4.78, 5) is 11.6. The van der Waals surface area contributed by atoms with E-state index in [-0.39, 0.29) is 35.1 Å². The van der Waals surface area contributed by atoms with Gasteiger partial charge in [-0.3, -0.25) is 4.79 Å². The van der Waals surface area contributed by atoms with Gasteiger partial charge in [-0.15, -0.1) is 0 Å². The zero-order chi connectivity index (χ0) is 12.8. The number of carbonyl (C=O) groups excluding carboxylic acids is 1. The Morgan fingerprint density at radius 2 is 1.58 bits per heavy atom. The van der Waals surface area contributed by atoms with Gasteiger partial charge in [0, 0.05) is 0 Å². The molecular weight excluding hydrogens is 280 g/mol. The Kier molecular flexibility index (Phi) is 7.97. The Bertz CT molecular complexity index is 284. The number of rotatable bonds is 3. The average Bonchev–Trinajstić information content (AvgIpc) is 2.87. The van der Waals surface area contributed by atoms with Crippen LogP contribution in [0.5, 0.6) is 0 Å². The average molecular weight is 296 g/mol. The van der Waals surface area contributed by atoms with Gasteiger partial charge in [-0.25, -0.2) is 0 Å². The van der Waals surface area contributed by atoms with Gasteiger partial charge in [-0.05, 0) is 64.7 Å². The van der Waals surface area contributed by atoms with Crippen LogP contribution in [0.1, 0.15) is 6.92 Å². The fraction of sp³-hybridized carbons (Fsp3) is 0.188. The molecule has 3 aliphatic rings. The van der Waals surface area contributed by atoms with Crippen molar-refractivity contribution in [2.24, 2.45) is 0 Å². The molecule has 2 saturated carbocycles. The fourth-order valence-corrected chi connectivity index (χ4v) is 1.69. The normalized spacial score (nSPS) is 29.7. The smallest absolute Gasteiger partial charge is 0.357 e. The summed E-state index contributed by atoms with van der Waals surface area (Å²) >= 11 is 0. The van der Waals surface area contributed by atoms with Crippen molar-refractivity contribution in [2.45, 2.75) is 19.1 Å². The Labute approximate surface area is 127 Å². The van der Waals surface area contributed by atoms with Crippen LogP contribution in [0.3, 0.4) is 0 Å². The Morgan fingerprint density at radius 1 is 1.05 bits per heavy atom. The van der Waals surface area contributed by atoms with Crippen LogP contribution in [0.2, 0.25) is 0 Å². The monoisotopic (exact) mass is 296 g/mol. The largest absolute Gasteiger partial charge is 2.00 e. The standard InChI is InChI=1S/C11H11O2.C5H5.Fe/c1-2-5-9-11(13-9)10(12)8-6-3-4-7-8;1-2-4-5-3-1;/h2-7,9,11H,1H3;1-5H;/q;;+2/b5-2+;;/t9-,11+;;/m1../s1. The van der Waals surface area contributed by atoms with Gasteiger partial charge in [-0.1, -0.05) is 12.2 Å². The quantitative estimate of drug-likeness (QED) is 0.454. The second kappa shape index (κ2) is 8.94. The first kappa shape index (κ1) is 16.9. The number of allylic oxidation sites excluding steroid dienone is 1. The minimum atomic E-state index is -0.237. The molecule has 2 aliphatic carbocycles. The number of ketones is 1. The minimum Gasteiger partial charge on any atom is -0.357 e. The third kappa shape index (κ3) is 5.41. The summed E-state index contributed by atoms with van der Waals surface area (Å²) in [5.41, 5.74) is 0. The number of ether oxygens (including phenoxy) is 1. The van der Waals surface area contributed by atoms with Crippen LogP contribution in [0.25, 0.3) is 0 Å². The summed E-state index contributed by atoms with van der Waals surface area (Å²) in [5.74, 6) is 0.838. The van der Waals surface area contributed by atoms with E-state index in [2.05, 4.69) is 0 Å². The van der Waals surface area contributed by atoms with Crippen molar-refractivity contribution in [1.82, 2.24) is 0 Å². The van der Waals surface area contributed by atoms with Crippen LogP contribution in [0.4, 0.5) is 0 Å². The van der Waals surface area contributed by atoms with Gasteiger partial charge in [-0.2, -0.15) is 0 Å². The Hall–Kier alpha value is -0.111. The summed E-state index contributed by atoms with van der Waals surface area (Å²) in [5, 5.41) is 0. The molecule has 98 valence electrons. The van der Waals surface area contributed by atoms with Gasteiger partial charge in [0.25, 0.3) is 0 Å². The first-order chi connectivity index (χ1) is 8.83. The number of epoxide rings is 1. The third-order valence-electron chi connectivity index (χ3n) is 2.67. The Balaban J connectivity index is 0.000000256. The fourth-order valence-electron chi connectivity index (χ4n) is 1.69. The SMILES string of the molecule is C/C=C/[C@H]1O[C@@H]1C(=O)[C]1[CH][CH][CH][CH]1.[CH]1[CH][CH][CH][CH]1.[Fe+2]. The molecule has 10 radical (unpaired) electrons. The van der Waals surface area contributed by atoms with Crippen LogP contribution in [-0.2, 0) is 26.6 Å². The van der Waals surface area contributed by atoms with E-state index in [1.807, 2.05) is 76.9 Å².